The van der Waals surface area contributed by atoms with Gasteiger partial charge in [0.2, 0.25) is 10.0 Å². The van der Waals surface area contributed by atoms with E-state index in [1.165, 1.54) is 40.7 Å². The highest BCUT2D eigenvalue weighted by Gasteiger charge is 2.25. The number of benzene rings is 2. The summed E-state index contributed by atoms with van der Waals surface area (Å²) in [5, 5.41) is 0. The van der Waals surface area contributed by atoms with E-state index < -0.39 is 16.0 Å². The number of rotatable bonds is 6. The van der Waals surface area contributed by atoms with Crippen LogP contribution in [0.3, 0.4) is 0 Å². The Labute approximate surface area is 163 Å². The number of carbonyl (C=O) groups excluding carboxylic acids is 1. The molecule has 0 aromatic heterocycles. The lowest BCUT2D eigenvalue weighted by Gasteiger charge is -2.26. The third-order valence-electron chi connectivity index (χ3n) is 4.19. The van der Waals surface area contributed by atoms with E-state index >= 15 is 0 Å². The monoisotopic (exact) mass is 405 g/mol. The van der Waals surface area contributed by atoms with Gasteiger partial charge in [-0.25, -0.2) is 17.6 Å². The molecule has 0 unspecified atom stereocenters. The Morgan fingerprint density at radius 2 is 1.71 bits per heavy atom. The molecular weight excluding hydrogens is 385 g/mol. The molecule has 6 nitrogen and oxygen atoms in total. The molecule has 0 amide bonds. The van der Waals surface area contributed by atoms with Crippen molar-refractivity contribution in [2.75, 3.05) is 26.3 Å². The molecule has 0 saturated carbocycles. The molecule has 1 aliphatic rings. The van der Waals surface area contributed by atoms with Crippen LogP contribution < -0.4 is 0 Å². The molecule has 28 heavy (non-hydrogen) atoms. The number of carbonyl (C=O) groups is 1. The van der Waals surface area contributed by atoms with Crippen molar-refractivity contribution >= 4 is 22.1 Å². The molecule has 1 heterocycles. The molecule has 0 radical (unpaired) electrons. The molecule has 1 aliphatic heterocycles. The van der Waals surface area contributed by atoms with Crippen molar-refractivity contribution in [1.82, 2.24) is 4.31 Å². The molecule has 0 aliphatic carbocycles. The van der Waals surface area contributed by atoms with E-state index in [4.69, 9.17) is 9.47 Å². The lowest BCUT2D eigenvalue weighted by Crippen LogP contribution is -2.40. The predicted molar refractivity (Wildman–Crippen MR) is 101 cm³/mol. The number of esters is 1. The predicted octanol–water partition coefficient (Wildman–Crippen LogP) is 2.60. The van der Waals surface area contributed by atoms with Crippen LogP contribution in [0.2, 0.25) is 0 Å². The van der Waals surface area contributed by atoms with Gasteiger partial charge in [0.1, 0.15) is 12.4 Å². The maximum absolute atomic E-state index is 12.8. The molecule has 8 heteroatoms. The second-order valence-corrected chi connectivity index (χ2v) is 8.09. The molecule has 1 fully saturated rings. The number of ether oxygens (including phenoxy) is 2. The molecule has 1 saturated heterocycles. The van der Waals surface area contributed by atoms with Gasteiger partial charge in [0, 0.05) is 19.2 Å². The Balaban J connectivity index is 1.57. The van der Waals surface area contributed by atoms with Gasteiger partial charge in [0.25, 0.3) is 0 Å². The Morgan fingerprint density at radius 1 is 1.07 bits per heavy atom. The van der Waals surface area contributed by atoms with Gasteiger partial charge in [-0.3, -0.25) is 0 Å². The summed E-state index contributed by atoms with van der Waals surface area (Å²) >= 11 is 0. The third-order valence-corrected chi connectivity index (χ3v) is 6.11. The van der Waals surface area contributed by atoms with Crippen molar-refractivity contribution in [3.63, 3.8) is 0 Å². The zero-order chi connectivity index (χ0) is 20.0. The number of sulfonamides is 1. The van der Waals surface area contributed by atoms with Crippen molar-refractivity contribution in [1.29, 1.82) is 0 Å². The first-order chi connectivity index (χ1) is 13.4. The highest BCUT2D eigenvalue weighted by molar-refractivity contribution is 7.89. The average Bonchev–Trinajstić information content (AvgIpc) is 2.73. The highest BCUT2D eigenvalue weighted by Crippen LogP contribution is 2.18. The summed E-state index contributed by atoms with van der Waals surface area (Å²) in [7, 11) is -3.54. The van der Waals surface area contributed by atoms with Gasteiger partial charge in [0.15, 0.2) is 0 Å². The van der Waals surface area contributed by atoms with Crippen molar-refractivity contribution in [3.05, 3.63) is 71.6 Å². The minimum absolute atomic E-state index is 0.0418. The Bertz CT molecular complexity index is 934. The van der Waals surface area contributed by atoms with Crippen LogP contribution in [0.1, 0.15) is 11.1 Å². The largest absolute Gasteiger partial charge is 0.458 e. The summed E-state index contributed by atoms with van der Waals surface area (Å²) in [6.07, 6.45) is 2.80. The van der Waals surface area contributed by atoms with E-state index in [1.807, 2.05) is 0 Å². The summed E-state index contributed by atoms with van der Waals surface area (Å²) in [5.74, 6) is -0.900. The van der Waals surface area contributed by atoms with E-state index in [0.29, 0.717) is 37.4 Å². The Kier molecular flexibility index (Phi) is 6.56. The van der Waals surface area contributed by atoms with Gasteiger partial charge >= 0.3 is 5.97 Å². The van der Waals surface area contributed by atoms with Gasteiger partial charge < -0.3 is 9.47 Å². The van der Waals surface area contributed by atoms with E-state index in [0.717, 1.165) is 0 Å². The first kappa shape index (κ1) is 20.2. The summed E-state index contributed by atoms with van der Waals surface area (Å²) in [6.45, 7) is 1.49. The van der Waals surface area contributed by atoms with E-state index in [2.05, 4.69) is 0 Å². The van der Waals surface area contributed by atoms with Crippen LogP contribution in [-0.4, -0.2) is 45.0 Å². The van der Waals surface area contributed by atoms with Crippen LogP contribution in [0.5, 0.6) is 0 Å². The minimum Gasteiger partial charge on any atom is -0.458 e. The number of hydrogen-bond donors (Lipinski definition) is 0. The molecule has 2 aromatic rings. The van der Waals surface area contributed by atoms with Gasteiger partial charge in [-0.05, 0) is 41.5 Å². The summed E-state index contributed by atoms with van der Waals surface area (Å²) < 4.78 is 49.6. The zero-order valence-electron chi connectivity index (χ0n) is 15.1. The van der Waals surface area contributed by atoms with E-state index in [1.54, 1.807) is 24.3 Å². The quantitative estimate of drug-likeness (QED) is 0.546. The fourth-order valence-electron chi connectivity index (χ4n) is 2.63. The SMILES string of the molecule is O=C(/C=C/c1ccc(S(=O)(=O)N2CCOCC2)cc1)OCc1ccc(F)cc1. The molecular formula is C20H20FNO5S. The molecule has 0 atom stereocenters. The molecule has 0 bridgehead atoms. The smallest absolute Gasteiger partial charge is 0.331 e. The molecule has 0 N–H and O–H groups in total. The van der Waals surface area contributed by atoms with Gasteiger partial charge in [-0.1, -0.05) is 24.3 Å². The number of hydrogen-bond acceptors (Lipinski definition) is 5. The molecule has 3 rings (SSSR count). The summed E-state index contributed by atoms with van der Waals surface area (Å²) in [6, 6.07) is 11.9. The van der Waals surface area contributed by atoms with Crippen LogP contribution >= 0.6 is 0 Å². The van der Waals surface area contributed by atoms with E-state index in [9.17, 15) is 17.6 Å². The molecule has 2 aromatic carbocycles. The molecule has 148 valence electrons. The normalized spacial score (nSPS) is 15.6. The maximum atomic E-state index is 12.8. The lowest BCUT2D eigenvalue weighted by molar-refractivity contribution is -0.138. The first-order valence-electron chi connectivity index (χ1n) is 8.72. The van der Waals surface area contributed by atoms with Gasteiger partial charge in [0.05, 0.1) is 18.1 Å². The number of nitrogens with zero attached hydrogens (tertiary/aromatic N) is 1. The summed E-state index contributed by atoms with van der Waals surface area (Å²) in [5.41, 5.74) is 1.35. The zero-order valence-corrected chi connectivity index (χ0v) is 15.9. The van der Waals surface area contributed by atoms with Crippen molar-refractivity contribution in [2.24, 2.45) is 0 Å². The van der Waals surface area contributed by atoms with Crippen molar-refractivity contribution in [2.45, 2.75) is 11.5 Å². The van der Waals surface area contributed by atoms with Crippen LogP contribution in [0.25, 0.3) is 6.08 Å². The van der Waals surface area contributed by atoms with Crippen LogP contribution in [0, 0.1) is 5.82 Å². The van der Waals surface area contributed by atoms with Crippen molar-refractivity contribution in [3.8, 4) is 0 Å². The first-order valence-corrected chi connectivity index (χ1v) is 10.2. The van der Waals surface area contributed by atoms with Crippen molar-refractivity contribution < 1.29 is 27.1 Å². The van der Waals surface area contributed by atoms with Crippen LogP contribution in [0.4, 0.5) is 4.39 Å². The second kappa shape index (κ2) is 9.09. The van der Waals surface area contributed by atoms with E-state index in [-0.39, 0.29) is 17.3 Å². The summed E-state index contributed by atoms with van der Waals surface area (Å²) in [4.78, 5) is 12.0. The fraction of sp³-hybridized carbons (Fsp3) is 0.250. The van der Waals surface area contributed by atoms with Crippen LogP contribution in [-0.2, 0) is 30.9 Å². The minimum atomic E-state index is -3.54. The second-order valence-electron chi connectivity index (χ2n) is 6.15. The van der Waals surface area contributed by atoms with Gasteiger partial charge in [-0.15, -0.1) is 0 Å². The Hall–Kier alpha value is -2.55. The van der Waals surface area contributed by atoms with Crippen LogP contribution in [0.15, 0.2) is 59.5 Å². The topological polar surface area (TPSA) is 72.9 Å². The standard InChI is InChI=1S/C20H20FNO5S/c21-18-6-1-17(2-7-18)15-27-20(23)10-5-16-3-8-19(9-4-16)28(24,25)22-11-13-26-14-12-22/h1-10H,11-15H2/b10-5+. The fourth-order valence-corrected chi connectivity index (χ4v) is 4.04. The Morgan fingerprint density at radius 3 is 2.36 bits per heavy atom. The lowest BCUT2D eigenvalue weighted by atomic mass is 10.2. The third kappa shape index (κ3) is 5.25. The maximum Gasteiger partial charge on any atom is 0.331 e. The molecule has 0 spiro atoms. The number of halogens is 1. The average molecular weight is 405 g/mol. The van der Waals surface area contributed by atoms with Gasteiger partial charge in [-0.2, -0.15) is 4.31 Å². The number of morpholine rings is 1. The highest BCUT2D eigenvalue weighted by atomic mass is 32.2.